The van der Waals surface area contributed by atoms with Gasteiger partial charge in [-0.25, -0.2) is 4.39 Å². The molecule has 37 heavy (non-hydrogen) atoms. The lowest BCUT2D eigenvalue weighted by atomic mass is 9.99. The maximum absolute atomic E-state index is 13.5. The second-order valence-corrected chi connectivity index (χ2v) is 9.43. The number of aromatic amines is 1. The van der Waals surface area contributed by atoms with E-state index in [1.165, 1.54) is 33.7 Å². The lowest BCUT2D eigenvalue weighted by Crippen LogP contribution is -2.39. The van der Waals surface area contributed by atoms with Crippen LogP contribution in [0.5, 0.6) is 0 Å². The first-order chi connectivity index (χ1) is 17.7. The molecule has 188 valence electrons. The normalized spacial score (nSPS) is 13.5. The number of rotatable bonds is 4. The van der Waals surface area contributed by atoms with Gasteiger partial charge in [-0.2, -0.15) is 0 Å². The lowest BCUT2D eigenvalue weighted by Gasteiger charge is -2.28. The van der Waals surface area contributed by atoms with Gasteiger partial charge in [0.05, 0.1) is 0 Å². The molecule has 2 amide bonds. The van der Waals surface area contributed by atoms with Crippen LogP contribution < -0.4 is 5.56 Å². The van der Waals surface area contributed by atoms with Crippen LogP contribution in [-0.2, 0) is 0 Å². The SMILES string of the molecule is Cc1ccc(C(=O)N2CCC=C(c3ccc4cc(C(=O)N(C)C)[nH]c4c3)C2)c(=O)n1-c1ccc(F)cc1. The first-order valence-electron chi connectivity index (χ1n) is 12.0. The summed E-state index contributed by atoms with van der Waals surface area (Å²) >= 11 is 0. The molecule has 0 unspecified atom stereocenters. The summed E-state index contributed by atoms with van der Waals surface area (Å²) < 4.78 is 14.8. The highest BCUT2D eigenvalue weighted by Gasteiger charge is 2.24. The molecular weight excluding hydrogens is 471 g/mol. The Labute approximate surface area is 213 Å². The third-order valence-corrected chi connectivity index (χ3v) is 6.66. The van der Waals surface area contributed by atoms with Crippen molar-refractivity contribution in [2.24, 2.45) is 0 Å². The van der Waals surface area contributed by atoms with Crippen molar-refractivity contribution in [2.75, 3.05) is 27.2 Å². The van der Waals surface area contributed by atoms with Crippen LogP contribution in [0.15, 0.2) is 71.5 Å². The summed E-state index contributed by atoms with van der Waals surface area (Å²) in [6.45, 7) is 2.63. The number of fused-ring (bicyclic) bond motifs is 1. The average Bonchev–Trinajstić information content (AvgIpc) is 3.32. The number of carbonyl (C=O) groups is 2. The topological polar surface area (TPSA) is 78.4 Å². The molecule has 5 rings (SSSR count). The van der Waals surface area contributed by atoms with Crippen molar-refractivity contribution < 1.29 is 14.0 Å². The van der Waals surface area contributed by atoms with E-state index in [2.05, 4.69) is 11.1 Å². The number of carbonyl (C=O) groups excluding carboxylic acids is 2. The number of H-pyrrole nitrogens is 1. The fourth-order valence-corrected chi connectivity index (χ4v) is 4.68. The van der Waals surface area contributed by atoms with Gasteiger partial charge in [-0.1, -0.05) is 18.2 Å². The van der Waals surface area contributed by atoms with E-state index in [-0.39, 0.29) is 17.4 Å². The number of halogens is 1. The smallest absolute Gasteiger partial charge is 0.269 e. The van der Waals surface area contributed by atoms with Gasteiger partial charge in [0.25, 0.3) is 17.4 Å². The molecule has 2 aromatic heterocycles. The Morgan fingerprint density at radius 3 is 2.49 bits per heavy atom. The molecule has 1 aliphatic heterocycles. The van der Waals surface area contributed by atoms with Crippen molar-refractivity contribution in [3.05, 3.63) is 105 Å². The summed E-state index contributed by atoms with van der Waals surface area (Å²) in [5.41, 5.74) is 4.08. The van der Waals surface area contributed by atoms with E-state index in [0.717, 1.165) is 22.0 Å². The van der Waals surface area contributed by atoms with Crippen molar-refractivity contribution in [1.82, 2.24) is 19.4 Å². The van der Waals surface area contributed by atoms with Gasteiger partial charge in [0.2, 0.25) is 0 Å². The van der Waals surface area contributed by atoms with Crippen molar-refractivity contribution in [3.63, 3.8) is 0 Å². The van der Waals surface area contributed by atoms with Crippen molar-refractivity contribution >= 4 is 28.3 Å². The van der Waals surface area contributed by atoms with Gasteiger partial charge in [-0.15, -0.1) is 0 Å². The zero-order chi connectivity index (χ0) is 26.3. The number of hydrogen-bond acceptors (Lipinski definition) is 3. The predicted molar refractivity (Wildman–Crippen MR) is 142 cm³/mol. The molecule has 1 N–H and O–H groups in total. The first-order valence-corrected chi connectivity index (χ1v) is 12.0. The molecule has 2 aromatic carbocycles. The van der Waals surface area contributed by atoms with Crippen LogP contribution in [0, 0.1) is 12.7 Å². The Bertz CT molecular complexity index is 1610. The van der Waals surface area contributed by atoms with Crippen LogP contribution >= 0.6 is 0 Å². The number of pyridine rings is 1. The molecular formula is C29H27FN4O3. The molecule has 0 bridgehead atoms. The van der Waals surface area contributed by atoms with Crippen molar-refractivity contribution in [1.29, 1.82) is 0 Å². The summed E-state index contributed by atoms with van der Waals surface area (Å²) in [5.74, 6) is -0.838. The summed E-state index contributed by atoms with van der Waals surface area (Å²) in [5, 5.41) is 0.930. The molecule has 0 atom stereocenters. The minimum atomic E-state index is -0.432. The Balaban J connectivity index is 1.42. The third-order valence-electron chi connectivity index (χ3n) is 6.66. The highest BCUT2D eigenvalue weighted by molar-refractivity contribution is 5.99. The second kappa shape index (κ2) is 9.54. The van der Waals surface area contributed by atoms with Gasteiger partial charge in [0.1, 0.15) is 17.1 Å². The van der Waals surface area contributed by atoms with Crippen LogP contribution in [0.1, 0.15) is 38.5 Å². The molecule has 0 aliphatic carbocycles. The highest BCUT2D eigenvalue weighted by Crippen LogP contribution is 2.26. The highest BCUT2D eigenvalue weighted by atomic mass is 19.1. The number of aromatic nitrogens is 2. The Morgan fingerprint density at radius 1 is 1.00 bits per heavy atom. The maximum Gasteiger partial charge on any atom is 0.269 e. The largest absolute Gasteiger partial charge is 0.351 e. The van der Waals surface area contributed by atoms with Crippen LogP contribution in [0.2, 0.25) is 0 Å². The number of benzene rings is 2. The number of amides is 2. The third kappa shape index (κ3) is 4.58. The van der Waals surface area contributed by atoms with E-state index in [1.807, 2.05) is 24.3 Å². The minimum Gasteiger partial charge on any atom is -0.351 e. The Morgan fingerprint density at radius 2 is 1.76 bits per heavy atom. The predicted octanol–water partition coefficient (Wildman–Crippen LogP) is 4.40. The fourth-order valence-electron chi connectivity index (χ4n) is 4.68. The van der Waals surface area contributed by atoms with E-state index in [0.29, 0.717) is 36.6 Å². The molecule has 4 aromatic rings. The van der Waals surface area contributed by atoms with E-state index >= 15 is 0 Å². The minimum absolute atomic E-state index is 0.0721. The maximum atomic E-state index is 13.5. The zero-order valence-electron chi connectivity index (χ0n) is 20.9. The quantitative estimate of drug-likeness (QED) is 0.453. The van der Waals surface area contributed by atoms with Gasteiger partial charge in [0.15, 0.2) is 0 Å². The molecule has 3 heterocycles. The molecule has 0 radical (unpaired) electrons. The Kier molecular flexibility index (Phi) is 6.25. The van der Waals surface area contributed by atoms with E-state index in [1.54, 1.807) is 38.1 Å². The zero-order valence-corrected chi connectivity index (χ0v) is 20.9. The van der Waals surface area contributed by atoms with Crippen LogP contribution in [0.25, 0.3) is 22.2 Å². The molecule has 7 nitrogen and oxygen atoms in total. The second-order valence-electron chi connectivity index (χ2n) is 9.43. The number of nitrogens with one attached hydrogen (secondary N) is 1. The van der Waals surface area contributed by atoms with E-state index in [9.17, 15) is 18.8 Å². The van der Waals surface area contributed by atoms with Crippen LogP contribution in [0.3, 0.4) is 0 Å². The fraction of sp³-hybridized carbons (Fsp3) is 0.207. The van der Waals surface area contributed by atoms with Crippen LogP contribution in [0.4, 0.5) is 4.39 Å². The standard InChI is InChI=1S/C29H27FN4O3/c1-18-6-13-24(28(36)34(18)23-11-9-22(30)10-12-23)27(35)33-14-4-5-21(17-33)19-7-8-20-16-26(29(37)32(2)3)31-25(20)15-19/h5-13,15-16,31H,4,14,17H2,1-3H3. The summed E-state index contributed by atoms with van der Waals surface area (Å²) in [6, 6.07) is 16.7. The molecule has 0 fully saturated rings. The monoisotopic (exact) mass is 498 g/mol. The molecule has 0 spiro atoms. The van der Waals surface area contributed by atoms with Crippen molar-refractivity contribution in [3.8, 4) is 5.69 Å². The van der Waals surface area contributed by atoms with Gasteiger partial charge in [-0.05, 0) is 73.0 Å². The summed E-state index contributed by atoms with van der Waals surface area (Å²) in [7, 11) is 3.42. The average molecular weight is 499 g/mol. The van der Waals surface area contributed by atoms with Gasteiger partial charge >= 0.3 is 0 Å². The number of aryl methyl sites for hydroxylation is 1. The first kappa shape index (κ1) is 24.2. The Hall–Kier alpha value is -4.46. The van der Waals surface area contributed by atoms with Gasteiger partial charge < -0.3 is 14.8 Å². The van der Waals surface area contributed by atoms with Gasteiger partial charge in [0, 0.05) is 49.5 Å². The van der Waals surface area contributed by atoms with Crippen LogP contribution in [-0.4, -0.2) is 58.4 Å². The number of hydrogen-bond donors (Lipinski definition) is 1. The summed E-state index contributed by atoms with van der Waals surface area (Å²) in [4.78, 5) is 45.5. The number of nitrogens with zero attached hydrogens (tertiary/aromatic N) is 3. The molecule has 1 aliphatic rings. The van der Waals surface area contributed by atoms with E-state index < -0.39 is 11.4 Å². The lowest BCUT2D eigenvalue weighted by molar-refractivity contribution is 0.0771. The summed E-state index contributed by atoms with van der Waals surface area (Å²) in [6.07, 6.45) is 2.76. The molecule has 0 saturated heterocycles. The molecule has 8 heteroatoms. The van der Waals surface area contributed by atoms with Gasteiger partial charge in [-0.3, -0.25) is 19.0 Å². The van der Waals surface area contributed by atoms with E-state index in [4.69, 9.17) is 0 Å². The van der Waals surface area contributed by atoms with Crippen molar-refractivity contribution in [2.45, 2.75) is 13.3 Å². The molecule has 0 saturated carbocycles.